The Kier molecular flexibility index (Phi) is 3.92. The fourth-order valence-corrected chi connectivity index (χ4v) is 1.50. The van der Waals surface area contributed by atoms with E-state index in [1.165, 1.54) is 7.11 Å². The molecule has 1 saturated heterocycles. The summed E-state index contributed by atoms with van der Waals surface area (Å²) >= 11 is 0. The van der Waals surface area contributed by atoms with Crippen molar-refractivity contribution in [1.29, 1.82) is 0 Å². The van der Waals surface area contributed by atoms with Crippen molar-refractivity contribution in [3.63, 3.8) is 0 Å². The van der Waals surface area contributed by atoms with Crippen molar-refractivity contribution in [3.05, 3.63) is 0 Å². The number of hydrogen-bond donors (Lipinski definition) is 0. The van der Waals surface area contributed by atoms with Gasteiger partial charge in [0.15, 0.2) is 6.10 Å². The smallest absolute Gasteiger partial charge is 0.336 e. The summed E-state index contributed by atoms with van der Waals surface area (Å²) in [5, 5.41) is 0. The average Bonchev–Trinajstić information content (AvgIpc) is 2.28. The zero-order valence-electron chi connectivity index (χ0n) is 7.16. The molecule has 0 aliphatic carbocycles. The second-order valence-corrected chi connectivity index (χ2v) is 3.46. The number of hydrogen-bond acceptors (Lipinski definition) is 4. The van der Waals surface area contributed by atoms with Crippen LogP contribution in [-0.4, -0.2) is 43.5 Å². The maximum Gasteiger partial charge on any atom is 0.336 e. The molecule has 12 heavy (non-hydrogen) atoms. The highest BCUT2D eigenvalue weighted by atomic mass is 31.0. The molecular formula is C7H14NO3P. The molecule has 5 heteroatoms. The van der Waals surface area contributed by atoms with E-state index in [1.54, 1.807) is 0 Å². The van der Waals surface area contributed by atoms with Crippen LogP contribution in [0.25, 0.3) is 0 Å². The number of rotatable bonds is 1. The van der Waals surface area contributed by atoms with E-state index in [0.717, 1.165) is 13.0 Å². The summed E-state index contributed by atoms with van der Waals surface area (Å²) in [6.07, 6.45) is 0.534. The molecular weight excluding hydrogens is 177 g/mol. The van der Waals surface area contributed by atoms with Gasteiger partial charge in [0.25, 0.3) is 0 Å². The van der Waals surface area contributed by atoms with Gasteiger partial charge in [0.1, 0.15) is 0 Å². The first-order chi connectivity index (χ1) is 5.74. The average molecular weight is 191 g/mol. The highest BCUT2D eigenvalue weighted by Crippen LogP contribution is 2.10. The molecule has 0 aromatic rings. The molecule has 1 rings (SSSR count). The molecule has 0 spiro atoms. The fraction of sp³-hybridized carbons (Fsp3) is 0.857. The number of nitrogens with zero attached hydrogens (tertiary/aromatic N) is 1. The van der Waals surface area contributed by atoms with Gasteiger partial charge in [-0.2, -0.15) is 0 Å². The SMILES string of the molecule is COC(=O)[C@@H]1CN(P)CCCO1. The minimum absolute atomic E-state index is 0.288. The van der Waals surface area contributed by atoms with E-state index in [2.05, 4.69) is 14.1 Å². The van der Waals surface area contributed by atoms with Crippen LogP contribution < -0.4 is 0 Å². The third-order valence-corrected chi connectivity index (χ3v) is 2.24. The van der Waals surface area contributed by atoms with Crippen LogP contribution in [0.2, 0.25) is 0 Å². The molecule has 0 aromatic heterocycles. The molecule has 1 aliphatic heterocycles. The highest BCUT2D eigenvalue weighted by Gasteiger charge is 2.23. The summed E-state index contributed by atoms with van der Waals surface area (Å²) < 4.78 is 11.9. The van der Waals surface area contributed by atoms with E-state index in [0.29, 0.717) is 13.2 Å². The van der Waals surface area contributed by atoms with Gasteiger partial charge >= 0.3 is 5.97 Å². The zero-order valence-corrected chi connectivity index (χ0v) is 8.31. The van der Waals surface area contributed by atoms with Gasteiger partial charge in [0.05, 0.1) is 7.11 Å². The second kappa shape index (κ2) is 4.75. The molecule has 1 fully saturated rings. The number of esters is 1. The third kappa shape index (κ3) is 2.70. The number of ether oxygens (including phenoxy) is 2. The van der Waals surface area contributed by atoms with Gasteiger partial charge in [-0.15, -0.1) is 0 Å². The maximum absolute atomic E-state index is 11.1. The number of carbonyl (C=O) groups is 1. The Balaban J connectivity index is 2.46. The van der Waals surface area contributed by atoms with E-state index in [-0.39, 0.29) is 5.97 Å². The molecule has 1 unspecified atom stereocenters. The minimum atomic E-state index is -0.421. The Morgan fingerprint density at radius 1 is 1.75 bits per heavy atom. The lowest BCUT2D eigenvalue weighted by molar-refractivity contribution is -0.153. The summed E-state index contributed by atoms with van der Waals surface area (Å²) in [4.78, 5) is 11.1. The van der Waals surface area contributed by atoms with Crippen molar-refractivity contribution >= 4 is 15.4 Å². The van der Waals surface area contributed by atoms with Gasteiger partial charge in [0.2, 0.25) is 0 Å². The predicted octanol–water partition coefficient (Wildman–Crippen LogP) is 0.0404. The molecule has 4 nitrogen and oxygen atoms in total. The van der Waals surface area contributed by atoms with E-state index in [9.17, 15) is 4.79 Å². The topological polar surface area (TPSA) is 38.8 Å². The standard InChI is InChI=1S/C7H14NO3P/c1-10-7(9)6-5-8(12)3-2-4-11-6/h6H,2-5,12H2,1H3/t6-/m0/s1. The Morgan fingerprint density at radius 3 is 3.17 bits per heavy atom. The van der Waals surface area contributed by atoms with Crippen molar-refractivity contribution < 1.29 is 14.3 Å². The van der Waals surface area contributed by atoms with Gasteiger partial charge in [-0.05, 0) is 6.42 Å². The fourth-order valence-electron chi connectivity index (χ4n) is 1.12. The lowest BCUT2D eigenvalue weighted by Crippen LogP contribution is -2.33. The minimum Gasteiger partial charge on any atom is -0.467 e. The summed E-state index contributed by atoms with van der Waals surface area (Å²) in [5.41, 5.74) is 0. The Hall–Kier alpha value is -0.180. The second-order valence-electron chi connectivity index (χ2n) is 2.73. The summed E-state index contributed by atoms with van der Waals surface area (Å²) in [6.45, 7) is 2.17. The van der Waals surface area contributed by atoms with E-state index >= 15 is 0 Å². The van der Waals surface area contributed by atoms with Crippen LogP contribution in [0.5, 0.6) is 0 Å². The van der Waals surface area contributed by atoms with E-state index in [4.69, 9.17) is 4.74 Å². The summed E-state index contributed by atoms with van der Waals surface area (Å²) in [5.74, 6) is -0.288. The number of carbonyl (C=O) groups excluding carboxylic acids is 1. The molecule has 1 aliphatic rings. The van der Waals surface area contributed by atoms with Crippen molar-refractivity contribution in [3.8, 4) is 0 Å². The predicted molar refractivity (Wildman–Crippen MR) is 47.7 cm³/mol. The van der Waals surface area contributed by atoms with Crippen LogP contribution >= 0.6 is 9.39 Å². The molecule has 0 aromatic carbocycles. The monoisotopic (exact) mass is 191 g/mol. The van der Waals surface area contributed by atoms with Gasteiger partial charge in [0, 0.05) is 19.7 Å². The lowest BCUT2D eigenvalue weighted by Gasteiger charge is -2.16. The van der Waals surface area contributed by atoms with Gasteiger partial charge < -0.3 is 9.47 Å². The van der Waals surface area contributed by atoms with Crippen LogP contribution in [0.4, 0.5) is 0 Å². The van der Waals surface area contributed by atoms with Crippen LogP contribution in [0.15, 0.2) is 0 Å². The van der Waals surface area contributed by atoms with Crippen LogP contribution in [0, 0.1) is 0 Å². The molecule has 0 bridgehead atoms. The zero-order chi connectivity index (χ0) is 8.97. The van der Waals surface area contributed by atoms with E-state index in [1.807, 2.05) is 4.67 Å². The van der Waals surface area contributed by atoms with Crippen LogP contribution in [-0.2, 0) is 14.3 Å². The molecule has 0 saturated carbocycles. The molecule has 70 valence electrons. The molecule has 0 amide bonds. The maximum atomic E-state index is 11.1. The number of methoxy groups -OCH3 is 1. The first-order valence-corrected chi connectivity index (χ1v) is 4.44. The van der Waals surface area contributed by atoms with Crippen LogP contribution in [0.1, 0.15) is 6.42 Å². The third-order valence-electron chi connectivity index (χ3n) is 1.77. The first kappa shape index (κ1) is 9.90. The van der Waals surface area contributed by atoms with Gasteiger partial charge in [-0.1, -0.05) is 9.39 Å². The van der Waals surface area contributed by atoms with Crippen molar-refractivity contribution in [1.82, 2.24) is 4.67 Å². The highest BCUT2D eigenvalue weighted by molar-refractivity contribution is 7.13. The van der Waals surface area contributed by atoms with Gasteiger partial charge in [-0.3, -0.25) is 4.67 Å². The Morgan fingerprint density at radius 2 is 2.50 bits per heavy atom. The van der Waals surface area contributed by atoms with Crippen LogP contribution in [0.3, 0.4) is 0 Å². The largest absolute Gasteiger partial charge is 0.467 e. The Bertz CT molecular complexity index is 165. The molecule has 1 heterocycles. The Labute approximate surface area is 74.5 Å². The van der Waals surface area contributed by atoms with Crippen molar-refractivity contribution in [2.75, 3.05) is 26.8 Å². The van der Waals surface area contributed by atoms with Gasteiger partial charge in [-0.25, -0.2) is 4.79 Å². The van der Waals surface area contributed by atoms with E-state index < -0.39 is 6.10 Å². The summed E-state index contributed by atoms with van der Waals surface area (Å²) in [6, 6.07) is 0. The molecule has 2 atom stereocenters. The first-order valence-electron chi connectivity index (χ1n) is 3.93. The quantitative estimate of drug-likeness (QED) is 0.433. The molecule has 0 N–H and O–H groups in total. The van der Waals surface area contributed by atoms with Crippen molar-refractivity contribution in [2.24, 2.45) is 0 Å². The summed E-state index contributed by atoms with van der Waals surface area (Å²) in [7, 11) is 3.95. The molecule has 0 radical (unpaired) electrons. The lowest BCUT2D eigenvalue weighted by atomic mass is 10.3. The van der Waals surface area contributed by atoms with Crippen molar-refractivity contribution in [2.45, 2.75) is 12.5 Å². The normalized spacial score (nSPS) is 26.3.